The van der Waals surface area contributed by atoms with Crippen molar-refractivity contribution >= 4 is 23.2 Å². The number of aromatic nitrogens is 2. The van der Waals surface area contributed by atoms with Gasteiger partial charge in [-0.3, -0.25) is 4.68 Å². The molecule has 0 saturated carbocycles. The number of alkyl halides is 1. The molecule has 1 heterocycles. The first-order chi connectivity index (χ1) is 7.06. The average Bonchev–Trinajstić information content (AvgIpc) is 2.40. The fourth-order valence-electron chi connectivity index (χ4n) is 1.52. The molecule has 1 aromatic heterocycles. The van der Waals surface area contributed by atoms with E-state index < -0.39 is 0 Å². The van der Waals surface area contributed by atoms with E-state index in [9.17, 15) is 0 Å². The fourth-order valence-corrected chi connectivity index (χ4v) is 2.03. The van der Waals surface area contributed by atoms with Crippen molar-refractivity contribution in [1.29, 1.82) is 0 Å². The highest BCUT2D eigenvalue weighted by Gasteiger charge is 2.13. The first-order valence-electron chi connectivity index (χ1n) is 4.87. The van der Waals surface area contributed by atoms with E-state index in [2.05, 4.69) is 5.10 Å². The molecule has 5 heteroatoms. The molecule has 0 radical (unpaired) electrons. The summed E-state index contributed by atoms with van der Waals surface area (Å²) in [5.74, 6) is 0. The molecule has 0 aliphatic heterocycles. The third-order valence-electron chi connectivity index (χ3n) is 2.32. The van der Waals surface area contributed by atoms with Crippen molar-refractivity contribution in [3.8, 4) is 0 Å². The van der Waals surface area contributed by atoms with Crippen LogP contribution >= 0.6 is 23.2 Å². The molecule has 15 heavy (non-hydrogen) atoms. The normalized spacial score (nSPS) is 13.1. The number of halogens is 2. The molecule has 86 valence electrons. The van der Waals surface area contributed by atoms with Crippen LogP contribution in [0.4, 0.5) is 0 Å². The van der Waals surface area contributed by atoms with Gasteiger partial charge >= 0.3 is 0 Å². The van der Waals surface area contributed by atoms with Gasteiger partial charge in [-0.1, -0.05) is 11.6 Å². The SMILES string of the molecule is COCC(Cl)CCc1c(C)nn(C)c1Cl. The van der Waals surface area contributed by atoms with Gasteiger partial charge in [0.05, 0.1) is 17.7 Å². The third kappa shape index (κ3) is 3.37. The fraction of sp³-hybridized carbons (Fsp3) is 0.700. The standard InChI is InChI=1S/C10H16Cl2N2O/c1-7-9(10(12)14(2)13-7)5-4-8(11)6-15-3/h8H,4-6H2,1-3H3. The Morgan fingerprint density at radius 3 is 2.67 bits per heavy atom. The molecule has 0 N–H and O–H groups in total. The second kappa shape index (κ2) is 5.73. The Morgan fingerprint density at radius 1 is 1.53 bits per heavy atom. The summed E-state index contributed by atoms with van der Waals surface area (Å²) in [4.78, 5) is 0. The molecule has 0 bridgehead atoms. The first kappa shape index (κ1) is 12.8. The van der Waals surface area contributed by atoms with Crippen molar-refractivity contribution in [1.82, 2.24) is 9.78 Å². The van der Waals surface area contributed by atoms with Crippen LogP contribution in [0.5, 0.6) is 0 Å². The average molecular weight is 251 g/mol. The molecule has 0 aliphatic rings. The summed E-state index contributed by atoms with van der Waals surface area (Å²) in [6, 6.07) is 0. The maximum absolute atomic E-state index is 6.10. The lowest BCUT2D eigenvalue weighted by Crippen LogP contribution is -2.08. The Labute approximate surface area is 100 Å². The van der Waals surface area contributed by atoms with Crippen LogP contribution in [0.15, 0.2) is 0 Å². The van der Waals surface area contributed by atoms with Crippen LogP contribution in [0.2, 0.25) is 5.15 Å². The molecule has 0 aliphatic carbocycles. The van der Waals surface area contributed by atoms with Gasteiger partial charge in [-0.2, -0.15) is 5.10 Å². The number of nitrogens with zero attached hydrogens (tertiary/aromatic N) is 2. The Morgan fingerprint density at radius 2 is 2.20 bits per heavy atom. The van der Waals surface area contributed by atoms with Crippen molar-refractivity contribution in [2.45, 2.75) is 25.1 Å². The highest BCUT2D eigenvalue weighted by atomic mass is 35.5. The Bertz CT molecular complexity index is 325. The van der Waals surface area contributed by atoms with Crippen LogP contribution in [0, 0.1) is 6.92 Å². The first-order valence-corrected chi connectivity index (χ1v) is 5.68. The van der Waals surface area contributed by atoms with Crippen molar-refractivity contribution in [3.05, 3.63) is 16.4 Å². The molecular weight excluding hydrogens is 235 g/mol. The summed E-state index contributed by atoms with van der Waals surface area (Å²) in [5, 5.41) is 4.98. The second-order valence-corrected chi connectivity index (χ2v) is 4.54. The lowest BCUT2D eigenvalue weighted by atomic mass is 10.1. The summed E-state index contributed by atoms with van der Waals surface area (Å²) in [6.45, 7) is 2.53. The van der Waals surface area contributed by atoms with Gasteiger partial charge in [0.15, 0.2) is 0 Å². The van der Waals surface area contributed by atoms with Gasteiger partial charge in [0.2, 0.25) is 0 Å². The molecule has 1 rings (SSSR count). The summed E-state index contributed by atoms with van der Waals surface area (Å²) >= 11 is 12.1. The number of rotatable bonds is 5. The van der Waals surface area contributed by atoms with Crippen molar-refractivity contribution in [2.75, 3.05) is 13.7 Å². The van der Waals surface area contributed by atoms with Gasteiger partial charge in [0.25, 0.3) is 0 Å². The largest absolute Gasteiger partial charge is 0.383 e. The molecular formula is C10H16Cl2N2O. The topological polar surface area (TPSA) is 27.1 Å². The molecule has 0 saturated heterocycles. The predicted molar refractivity (Wildman–Crippen MR) is 62.8 cm³/mol. The zero-order chi connectivity index (χ0) is 11.4. The number of hydrogen-bond donors (Lipinski definition) is 0. The smallest absolute Gasteiger partial charge is 0.130 e. The van der Waals surface area contributed by atoms with Crippen LogP contribution in [0.3, 0.4) is 0 Å². The van der Waals surface area contributed by atoms with Crippen molar-refractivity contribution in [3.63, 3.8) is 0 Å². The van der Waals surface area contributed by atoms with Gasteiger partial charge < -0.3 is 4.74 Å². The second-order valence-electron chi connectivity index (χ2n) is 3.57. The summed E-state index contributed by atoms with van der Waals surface area (Å²) < 4.78 is 6.66. The van der Waals surface area contributed by atoms with Crippen LogP contribution in [0.25, 0.3) is 0 Å². The summed E-state index contributed by atoms with van der Waals surface area (Å²) in [6.07, 6.45) is 1.69. The number of ether oxygens (including phenoxy) is 1. The number of methoxy groups -OCH3 is 1. The maximum Gasteiger partial charge on any atom is 0.130 e. The van der Waals surface area contributed by atoms with Crippen molar-refractivity contribution in [2.24, 2.45) is 7.05 Å². The molecule has 1 unspecified atom stereocenters. The van der Waals surface area contributed by atoms with E-state index in [1.165, 1.54) is 0 Å². The van der Waals surface area contributed by atoms with Crippen LogP contribution in [0.1, 0.15) is 17.7 Å². The Balaban J connectivity index is 2.57. The zero-order valence-electron chi connectivity index (χ0n) is 9.26. The molecule has 0 fully saturated rings. The lowest BCUT2D eigenvalue weighted by Gasteiger charge is -2.07. The summed E-state index contributed by atoms with van der Waals surface area (Å²) in [7, 11) is 3.49. The Kier molecular flexibility index (Phi) is 4.90. The van der Waals surface area contributed by atoms with Gasteiger partial charge in [-0.15, -0.1) is 11.6 Å². The molecule has 0 amide bonds. The van der Waals surface area contributed by atoms with E-state index in [4.69, 9.17) is 27.9 Å². The maximum atomic E-state index is 6.10. The van der Waals surface area contributed by atoms with E-state index in [1.54, 1.807) is 11.8 Å². The number of aryl methyl sites for hydroxylation is 2. The minimum Gasteiger partial charge on any atom is -0.383 e. The number of hydrogen-bond acceptors (Lipinski definition) is 2. The van der Waals surface area contributed by atoms with Gasteiger partial charge in [0, 0.05) is 19.7 Å². The van der Waals surface area contributed by atoms with Crippen LogP contribution in [-0.4, -0.2) is 28.9 Å². The van der Waals surface area contributed by atoms with Crippen molar-refractivity contribution < 1.29 is 4.74 Å². The Hall–Kier alpha value is -0.250. The molecule has 3 nitrogen and oxygen atoms in total. The minimum atomic E-state index is 0.0330. The van der Waals surface area contributed by atoms with Crippen LogP contribution in [-0.2, 0) is 18.2 Å². The van der Waals surface area contributed by atoms with E-state index in [-0.39, 0.29) is 5.38 Å². The summed E-state index contributed by atoms with van der Waals surface area (Å²) in [5.41, 5.74) is 2.06. The molecule has 0 spiro atoms. The quantitative estimate of drug-likeness (QED) is 0.752. The lowest BCUT2D eigenvalue weighted by molar-refractivity contribution is 0.195. The van der Waals surface area contributed by atoms with Gasteiger partial charge in [-0.25, -0.2) is 0 Å². The van der Waals surface area contributed by atoms with Crippen LogP contribution < -0.4 is 0 Å². The van der Waals surface area contributed by atoms with E-state index in [1.807, 2.05) is 14.0 Å². The highest BCUT2D eigenvalue weighted by molar-refractivity contribution is 6.30. The highest BCUT2D eigenvalue weighted by Crippen LogP contribution is 2.21. The zero-order valence-corrected chi connectivity index (χ0v) is 10.8. The van der Waals surface area contributed by atoms with E-state index in [0.29, 0.717) is 11.8 Å². The van der Waals surface area contributed by atoms with Gasteiger partial charge in [-0.05, 0) is 19.8 Å². The molecule has 1 atom stereocenters. The minimum absolute atomic E-state index is 0.0330. The predicted octanol–water partition coefficient (Wildman–Crippen LogP) is 2.57. The third-order valence-corrected chi connectivity index (χ3v) is 3.14. The monoisotopic (exact) mass is 250 g/mol. The van der Waals surface area contributed by atoms with Gasteiger partial charge in [0.1, 0.15) is 5.15 Å². The van der Waals surface area contributed by atoms with E-state index >= 15 is 0 Å². The molecule has 0 aromatic carbocycles. The van der Waals surface area contributed by atoms with E-state index in [0.717, 1.165) is 24.1 Å². The molecule has 1 aromatic rings.